The van der Waals surface area contributed by atoms with Crippen LogP contribution in [0.5, 0.6) is 0 Å². The number of hydrogen-bond acceptors (Lipinski definition) is 3. The van der Waals surface area contributed by atoms with Crippen molar-refractivity contribution in [2.45, 2.75) is 6.04 Å². The number of rotatable bonds is 3. The first-order chi connectivity index (χ1) is 5.75. The molecule has 4 nitrogen and oxygen atoms in total. The van der Waals surface area contributed by atoms with E-state index in [1.54, 1.807) is 31.6 Å². The van der Waals surface area contributed by atoms with Gasteiger partial charge in [-0.05, 0) is 18.7 Å². The molecule has 1 atom stereocenters. The number of primary amides is 1. The maximum Gasteiger partial charge on any atom is 0.239 e. The molecule has 4 heteroatoms. The molecule has 0 aliphatic rings. The molecular weight excluding hydrogens is 154 g/mol. The van der Waals surface area contributed by atoms with Crippen LogP contribution in [0.1, 0.15) is 11.6 Å². The lowest BCUT2D eigenvalue weighted by Gasteiger charge is -2.10. The lowest BCUT2D eigenvalue weighted by atomic mass is 10.1. The number of nitrogens with zero attached hydrogens (tertiary/aromatic N) is 1. The van der Waals surface area contributed by atoms with Crippen LogP contribution in [0.25, 0.3) is 0 Å². The topological polar surface area (TPSA) is 68.0 Å². The number of carbonyl (C=O) groups is 1. The van der Waals surface area contributed by atoms with E-state index < -0.39 is 11.9 Å². The Bertz CT molecular complexity index is 260. The Morgan fingerprint density at radius 1 is 1.75 bits per heavy atom. The van der Waals surface area contributed by atoms with Crippen molar-refractivity contribution >= 4 is 5.91 Å². The first-order valence-electron chi connectivity index (χ1n) is 3.62. The second kappa shape index (κ2) is 3.82. The number of nitrogens with one attached hydrogen (secondary N) is 1. The molecule has 12 heavy (non-hydrogen) atoms. The molecule has 3 N–H and O–H groups in total. The van der Waals surface area contributed by atoms with E-state index in [0.29, 0.717) is 0 Å². The molecule has 0 saturated carbocycles. The van der Waals surface area contributed by atoms with Gasteiger partial charge >= 0.3 is 0 Å². The zero-order valence-corrected chi connectivity index (χ0v) is 6.82. The van der Waals surface area contributed by atoms with Crippen LogP contribution in [0.15, 0.2) is 24.5 Å². The minimum atomic E-state index is -0.446. The Kier molecular flexibility index (Phi) is 2.76. The molecule has 1 heterocycles. The highest BCUT2D eigenvalue weighted by Gasteiger charge is 2.14. The van der Waals surface area contributed by atoms with Gasteiger partial charge in [-0.15, -0.1) is 0 Å². The zero-order valence-electron chi connectivity index (χ0n) is 6.82. The van der Waals surface area contributed by atoms with Gasteiger partial charge in [0, 0.05) is 12.4 Å². The normalized spacial score (nSPS) is 12.4. The van der Waals surface area contributed by atoms with E-state index in [4.69, 9.17) is 5.73 Å². The first kappa shape index (κ1) is 8.67. The van der Waals surface area contributed by atoms with Gasteiger partial charge in [0.05, 0.1) is 0 Å². The highest BCUT2D eigenvalue weighted by atomic mass is 16.1. The van der Waals surface area contributed by atoms with E-state index in [9.17, 15) is 4.79 Å². The number of likely N-dealkylation sites (N-methyl/N-ethyl adjacent to an activating group) is 1. The van der Waals surface area contributed by atoms with Crippen molar-refractivity contribution in [1.29, 1.82) is 0 Å². The summed E-state index contributed by atoms with van der Waals surface area (Å²) >= 11 is 0. The quantitative estimate of drug-likeness (QED) is 0.653. The standard InChI is InChI=1S/C8H11N3O/c1-10-7(8(9)12)6-3-2-4-11-5-6/h2-5,7,10H,1H3,(H2,9,12). The molecule has 1 rings (SSSR count). The van der Waals surface area contributed by atoms with Crippen LogP contribution >= 0.6 is 0 Å². The van der Waals surface area contributed by atoms with Crippen LogP contribution < -0.4 is 11.1 Å². The Morgan fingerprint density at radius 3 is 2.92 bits per heavy atom. The molecule has 0 radical (unpaired) electrons. The maximum atomic E-state index is 10.9. The van der Waals surface area contributed by atoms with Gasteiger partial charge in [-0.2, -0.15) is 0 Å². The minimum Gasteiger partial charge on any atom is -0.368 e. The predicted molar refractivity (Wildman–Crippen MR) is 45.2 cm³/mol. The molecule has 1 aromatic heterocycles. The van der Waals surface area contributed by atoms with Gasteiger partial charge in [-0.1, -0.05) is 6.07 Å². The fourth-order valence-corrected chi connectivity index (χ4v) is 1.02. The van der Waals surface area contributed by atoms with Crippen LogP contribution in [-0.4, -0.2) is 17.9 Å². The lowest BCUT2D eigenvalue weighted by molar-refractivity contribution is -0.120. The van der Waals surface area contributed by atoms with Gasteiger partial charge in [0.25, 0.3) is 0 Å². The van der Waals surface area contributed by atoms with Crippen molar-refractivity contribution in [2.75, 3.05) is 7.05 Å². The van der Waals surface area contributed by atoms with Gasteiger partial charge in [-0.3, -0.25) is 9.78 Å². The van der Waals surface area contributed by atoms with Crippen molar-refractivity contribution in [3.8, 4) is 0 Å². The van der Waals surface area contributed by atoms with Crippen molar-refractivity contribution in [2.24, 2.45) is 5.73 Å². The van der Waals surface area contributed by atoms with E-state index in [0.717, 1.165) is 5.56 Å². The smallest absolute Gasteiger partial charge is 0.239 e. The molecule has 1 amide bonds. The van der Waals surface area contributed by atoms with Gasteiger partial charge in [0.15, 0.2) is 0 Å². The third-order valence-electron chi connectivity index (χ3n) is 1.59. The molecule has 0 aromatic carbocycles. The lowest BCUT2D eigenvalue weighted by Crippen LogP contribution is -2.31. The number of aromatic nitrogens is 1. The maximum absolute atomic E-state index is 10.9. The summed E-state index contributed by atoms with van der Waals surface area (Å²) < 4.78 is 0. The molecule has 64 valence electrons. The summed E-state index contributed by atoms with van der Waals surface area (Å²) in [4.78, 5) is 14.8. The number of pyridine rings is 1. The number of nitrogens with two attached hydrogens (primary N) is 1. The van der Waals surface area contributed by atoms with E-state index in [2.05, 4.69) is 10.3 Å². The van der Waals surface area contributed by atoms with Gasteiger partial charge in [0.2, 0.25) is 5.91 Å². The summed E-state index contributed by atoms with van der Waals surface area (Å²) in [5.41, 5.74) is 5.93. The SMILES string of the molecule is CNC(C(N)=O)c1cccnc1. The Morgan fingerprint density at radius 2 is 2.50 bits per heavy atom. The second-order valence-electron chi connectivity index (χ2n) is 2.41. The van der Waals surface area contributed by atoms with Crippen molar-refractivity contribution in [3.05, 3.63) is 30.1 Å². The van der Waals surface area contributed by atoms with Gasteiger partial charge in [-0.25, -0.2) is 0 Å². The largest absolute Gasteiger partial charge is 0.368 e. The summed E-state index contributed by atoms with van der Waals surface area (Å²) in [6, 6.07) is 3.13. The average molecular weight is 165 g/mol. The van der Waals surface area contributed by atoms with E-state index in [1.807, 2.05) is 0 Å². The Labute approximate surface area is 70.8 Å². The summed E-state index contributed by atoms with van der Waals surface area (Å²) in [6.07, 6.45) is 3.27. The summed E-state index contributed by atoms with van der Waals surface area (Å²) in [5, 5.41) is 2.80. The van der Waals surface area contributed by atoms with Crippen LogP contribution in [0.4, 0.5) is 0 Å². The summed E-state index contributed by atoms with van der Waals surface area (Å²) in [6.45, 7) is 0. The summed E-state index contributed by atoms with van der Waals surface area (Å²) in [5.74, 6) is -0.398. The first-order valence-corrected chi connectivity index (χ1v) is 3.62. The highest BCUT2D eigenvalue weighted by Crippen LogP contribution is 2.08. The Hall–Kier alpha value is -1.42. The fraction of sp³-hybridized carbons (Fsp3) is 0.250. The Balaban J connectivity index is 2.88. The summed E-state index contributed by atoms with van der Waals surface area (Å²) in [7, 11) is 1.68. The van der Waals surface area contributed by atoms with E-state index in [1.165, 1.54) is 0 Å². The average Bonchev–Trinajstić information content (AvgIpc) is 2.07. The van der Waals surface area contributed by atoms with Crippen molar-refractivity contribution in [1.82, 2.24) is 10.3 Å². The van der Waals surface area contributed by atoms with Crippen LogP contribution in [0.3, 0.4) is 0 Å². The third kappa shape index (κ3) is 1.79. The molecular formula is C8H11N3O. The van der Waals surface area contributed by atoms with Crippen LogP contribution in [-0.2, 0) is 4.79 Å². The zero-order chi connectivity index (χ0) is 8.97. The molecule has 0 aliphatic heterocycles. The molecule has 0 fully saturated rings. The number of hydrogen-bond donors (Lipinski definition) is 2. The van der Waals surface area contributed by atoms with Gasteiger partial charge in [0.1, 0.15) is 6.04 Å². The number of amides is 1. The third-order valence-corrected chi connectivity index (χ3v) is 1.59. The molecule has 1 aromatic rings. The highest BCUT2D eigenvalue weighted by molar-refractivity contribution is 5.81. The van der Waals surface area contributed by atoms with Gasteiger partial charge < -0.3 is 11.1 Å². The van der Waals surface area contributed by atoms with Crippen molar-refractivity contribution < 1.29 is 4.79 Å². The van der Waals surface area contributed by atoms with Crippen LogP contribution in [0.2, 0.25) is 0 Å². The number of carbonyl (C=O) groups excluding carboxylic acids is 1. The molecule has 0 aliphatic carbocycles. The second-order valence-corrected chi connectivity index (χ2v) is 2.41. The minimum absolute atomic E-state index is 0.398. The monoisotopic (exact) mass is 165 g/mol. The molecule has 0 bridgehead atoms. The van der Waals surface area contributed by atoms with Crippen LogP contribution in [0, 0.1) is 0 Å². The fourth-order valence-electron chi connectivity index (χ4n) is 1.02. The molecule has 0 saturated heterocycles. The predicted octanol–water partition coefficient (Wildman–Crippen LogP) is -0.173. The molecule has 0 spiro atoms. The van der Waals surface area contributed by atoms with E-state index >= 15 is 0 Å². The van der Waals surface area contributed by atoms with E-state index in [-0.39, 0.29) is 0 Å². The molecule has 1 unspecified atom stereocenters. The van der Waals surface area contributed by atoms with Crippen molar-refractivity contribution in [3.63, 3.8) is 0 Å².